The summed E-state index contributed by atoms with van der Waals surface area (Å²) >= 11 is 0. The quantitative estimate of drug-likeness (QED) is 0.156. The van der Waals surface area contributed by atoms with Crippen molar-refractivity contribution in [3.05, 3.63) is 12.2 Å². The van der Waals surface area contributed by atoms with Gasteiger partial charge in [-0.25, -0.2) is 9.59 Å². The van der Waals surface area contributed by atoms with E-state index in [9.17, 15) is 19.8 Å². The van der Waals surface area contributed by atoms with Crippen LogP contribution in [0.25, 0.3) is 0 Å². The number of aliphatic hydroxyl groups is 2. The van der Waals surface area contributed by atoms with Gasteiger partial charge in [0.1, 0.15) is 0 Å². The minimum atomic E-state index is -1.57. The van der Waals surface area contributed by atoms with Gasteiger partial charge in [0, 0.05) is 5.92 Å². The summed E-state index contributed by atoms with van der Waals surface area (Å²) in [5.74, 6) is 1.67. The molecule has 1 unspecified atom stereocenters. The van der Waals surface area contributed by atoms with Crippen molar-refractivity contribution in [1.82, 2.24) is 0 Å². The van der Waals surface area contributed by atoms with Crippen LogP contribution in [0.15, 0.2) is 12.2 Å². The van der Waals surface area contributed by atoms with Crippen molar-refractivity contribution in [2.24, 2.45) is 29.6 Å². The van der Waals surface area contributed by atoms with E-state index in [0.717, 1.165) is 37.0 Å². The molecule has 0 amide bonds. The van der Waals surface area contributed by atoms with Crippen LogP contribution < -0.4 is 0 Å². The smallest absolute Gasteiger partial charge is 0.337 e. The Hall–Kier alpha value is -1.40. The number of unbranched alkanes of at least 4 members (excludes halogenated alkanes) is 2. The summed E-state index contributed by atoms with van der Waals surface area (Å²) in [5.41, 5.74) is -2.92. The first-order valence-electron chi connectivity index (χ1n) is 14.8. The van der Waals surface area contributed by atoms with Gasteiger partial charge in [0.15, 0.2) is 5.60 Å². The SMILES string of the molecule is C=C(C(=O)OCC(COC(=O)C(C)(C)O)CC1CCC(C2CCC(CCCCC)CC2)CC1)C(C)(C)O. The van der Waals surface area contributed by atoms with Gasteiger partial charge >= 0.3 is 11.9 Å². The Morgan fingerprint density at radius 2 is 1.32 bits per heavy atom. The number of hydrogen-bond acceptors (Lipinski definition) is 6. The number of hydrogen-bond donors (Lipinski definition) is 2. The second-order valence-corrected chi connectivity index (χ2v) is 13.0. The van der Waals surface area contributed by atoms with Gasteiger partial charge in [-0.2, -0.15) is 0 Å². The van der Waals surface area contributed by atoms with E-state index in [-0.39, 0.29) is 24.7 Å². The molecule has 0 radical (unpaired) electrons. The van der Waals surface area contributed by atoms with Crippen molar-refractivity contribution >= 4 is 11.9 Å². The van der Waals surface area contributed by atoms with Crippen LogP contribution in [0.1, 0.15) is 118 Å². The zero-order chi connectivity index (χ0) is 27.6. The number of carbonyl (C=O) groups is 2. The molecule has 0 aromatic rings. The molecule has 0 aromatic carbocycles. The van der Waals surface area contributed by atoms with Gasteiger partial charge in [-0.05, 0) is 83.5 Å². The predicted molar refractivity (Wildman–Crippen MR) is 147 cm³/mol. The van der Waals surface area contributed by atoms with Crippen LogP contribution in [-0.4, -0.2) is 46.6 Å². The highest BCUT2D eigenvalue weighted by Crippen LogP contribution is 2.43. The molecule has 6 heteroatoms. The van der Waals surface area contributed by atoms with Crippen LogP contribution in [0.5, 0.6) is 0 Å². The molecule has 0 heterocycles. The lowest BCUT2D eigenvalue weighted by molar-refractivity contribution is -0.164. The zero-order valence-corrected chi connectivity index (χ0v) is 24.2. The molecular formula is C31H54O6. The van der Waals surface area contributed by atoms with E-state index in [4.69, 9.17) is 9.47 Å². The molecule has 37 heavy (non-hydrogen) atoms. The fraction of sp³-hybridized carbons (Fsp3) is 0.871. The summed E-state index contributed by atoms with van der Waals surface area (Å²) in [6, 6.07) is 0. The third-order valence-corrected chi connectivity index (χ3v) is 8.72. The Labute approximate surface area is 225 Å². The average molecular weight is 523 g/mol. The second-order valence-electron chi connectivity index (χ2n) is 13.0. The molecule has 1 atom stereocenters. The first-order valence-corrected chi connectivity index (χ1v) is 14.8. The molecule has 0 aromatic heterocycles. The number of ether oxygens (including phenoxy) is 2. The first kappa shape index (κ1) is 31.8. The van der Waals surface area contributed by atoms with Gasteiger partial charge in [-0.3, -0.25) is 0 Å². The summed E-state index contributed by atoms with van der Waals surface area (Å²) in [6.45, 7) is 11.9. The Kier molecular flexibility index (Phi) is 12.6. The number of esters is 2. The van der Waals surface area contributed by atoms with Gasteiger partial charge < -0.3 is 19.7 Å². The third-order valence-electron chi connectivity index (χ3n) is 8.72. The van der Waals surface area contributed by atoms with Crippen molar-refractivity contribution in [2.75, 3.05) is 13.2 Å². The van der Waals surface area contributed by atoms with Crippen LogP contribution in [0.2, 0.25) is 0 Å². The molecular weight excluding hydrogens is 468 g/mol. The van der Waals surface area contributed by atoms with Gasteiger partial charge in [0.2, 0.25) is 0 Å². The average Bonchev–Trinajstić information content (AvgIpc) is 2.84. The fourth-order valence-electron chi connectivity index (χ4n) is 6.08. The Bertz CT molecular complexity index is 715. The molecule has 2 fully saturated rings. The van der Waals surface area contributed by atoms with Crippen molar-refractivity contribution in [2.45, 2.75) is 129 Å². The fourth-order valence-corrected chi connectivity index (χ4v) is 6.08. The maximum atomic E-state index is 12.4. The van der Waals surface area contributed by atoms with E-state index in [0.29, 0.717) is 5.92 Å². The van der Waals surface area contributed by atoms with Crippen molar-refractivity contribution in [3.8, 4) is 0 Å². The second kappa shape index (κ2) is 14.7. The van der Waals surface area contributed by atoms with E-state index >= 15 is 0 Å². The maximum Gasteiger partial charge on any atom is 0.337 e. The van der Waals surface area contributed by atoms with Crippen LogP contribution in [-0.2, 0) is 19.1 Å². The largest absolute Gasteiger partial charge is 0.463 e. The summed E-state index contributed by atoms with van der Waals surface area (Å²) in [6.07, 6.45) is 16.7. The van der Waals surface area contributed by atoms with E-state index in [1.165, 1.54) is 91.9 Å². The highest BCUT2D eigenvalue weighted by molar-refractivity contribution is 5.89. The summed E-state index contributed by atoms with van der Waals surface area (Å²) in [4.78, 5) is 24.5. The summed E-state index contributed by atoms with van der Waals surface area (Å²) in [7, 11) is 0. The van der Waals surface area contributed by atoms with E-state index in [2.05, 4.69) is 13.5 Å². The summed E-state index contributed by atoms with van der Waals surface area (Å²) in [5, 5.41) is 20.0. The molecule has 2 N–H and O–H groups in total. The lowest BCUT2D eigenvalue weighted by atomic mass is 9.68. The molecule has 0 aliphatic heterocycles. The highest BCUT2D eigenvalue weighted by Gasteiger charge is 2.33. The Balaban J connectivity index is 1.84. The van der Waals surface area contributed by atoms with E-state index in [1.54, 1.807) is 0 Å². The first-order chi connectivity index (χ1) is 17.3. The van der Waals surface area contributed by atoms with Crippen molar-refractivity contribution in [1.29, 1.82) is 0 Å². The van der Waals surface area contributed by atoms with Gasteiger partial charge in [0.05, 0.1) is 24.4 Å². The number of rotatable bonds is 14. The monoisotopic (exact) mass is 522 g/mol. The lowest BCUT2D eigenvalue weighted by Crippen LogP contribution is -2.35. The Morgan fingerprint density at radius 1 is 0.811 bits per heavy atom. The van der Waals surface area contributed by atoms with Crippen molar-refractivity contribution < 1.29 is 29.3 Å². The highest BCUT2D eigenvalue weighted by atomic mass is 16.6. The maximum absolute atomic E-state index is 12.4. The third kappa shape index (κ3) is 11.1. The summed E-state index contributed by atoms with van der Waals surface area (Å²) < 4.78 is 10.8. The van der Waals surface area contributed by atoms with E-state index in [1.807, 2.05) is 0 Å². The molecule has 2 aliphatic rings. The molecule has 0 spiro atoms. The minimum absolute atomic E-state index is 0.000305. The number of carbonyl (C=O) groups excluding carboxylic acids is 2. The van der Waals surface area contributed by atoms with Crippen LogP contribution >= 0.6 is 0 Å². The lowest BCUT2D eigenvalue weighted by Gasteiger charge is -2.38. The van der Waals surface area contributed by atoms with E-state index < -0.39 is 23.1 Å². The van der Waals surface area contributed by atoms with Crippen LogP contribution in [0, 0.1) is 29.6 Å². The Morgan fingerprint density at radius 3 is 1.81 bits per heavy atom. The van der Waals surface area contributed by atoms with Gasteiger partial charge in [-0.15, -0.1) is 0 Å². The standard InChI is InChI=1S/C31H54O6/c1-7-8-9-10-23-11-15-26(16-12-23)27-17-13-24(14-18-27)19-25(21-37-29(33)31(5,6)35)20-36-28(32)22(2)30(3,4)34/h23-27,34-35H,2,7-21H2,1,3-6H3. The van der Waals surface area contributed by atoms with Gasteiger partial charge in [0.25, 0.3) is 0 Å². The molecule has 0 saturated heterocycles. The van der Waals surface area contributed by atoms with Crippen LogP contribution in [0.4, 0.5) is 0 Å². The van der Waals surface area contributed by atoms with Crippen molar-refractivity contribution in [3.63, 3.8) is 0 Å². The molecule has 0 bridgehead atoms. The molecule has 2 rings (SSSR count). The topological polar surface area (TPSA) is 93.1 Å². The molecule has 214 valence electrons. The molecule has 6 nitrogen and oxygen atoms in total. The minimum Gasteiger partial charge on any atom is -0.463 e. The normalized spacial score (nSPS) is 25.8. The zero-order valence-electron chi connectivity index (χ0n) is 24.2. The van der Waals surface area contributed by atoms with Gasteiger partial charge in [-0.1, -0.05) is 64.9 Å². The molecule has 2 aliphatic carbocycles. The predicted octanol–water partition coefficient (Wildman–Crippen LogP) is 6.37. The van der Waals surface area contributed by atoms with Crippen LogP contribution in [0.3, 0.4) is 0 Å². The molecule has 2 saturated carbocycles.